The highest BCUT2D eigenvalue weighted by molar-refractivity contribution is 5.94. The average Bonchev–Trinajstić information content (AvgIpc) is 2.46. The molecule has 20 heavy (non-hydrogen) atoms. The lowest BCUT2D eigenvalue weighted by Crippen LogP contribution is -2.37. The molecule has 1 heterocycles. The Balaban J connectivity index is 1.78. The third-order valence-electron chi connectivity index (χ3n) is 3.41. The van der Waals surface area contributed by atoms with E-state index in [0.717, 1.165) is 51.5 Å². The lowest BCUT2D eigenvalue weighted by molar-refractivity contribution is 0.0378. The van der Waals surface area contributed by atoms with Crippen LogP contribution in [0.1, 0.15) is 16.8 Å². The zero-order valence-electron chi connectivity index (χ0n) is 11.6. The van der Waals surface area contributed by atoms with Crippen LogP contribution in [0.4, 0.5) is 11.4 Å². The largest absolute Gasteiger partial charge is 0.397 e. The monoisotopic (exact) mass is 278 g/mol. The van der Waals surface area contributed by atoms with Crippen LogP contribution >= 0.6 is 0 Å². The zero-order chi connectivity index (χ0) is 14.4. The molecule has 0 radical (unpaired) electrons. The van der Waals surface area contributed by atoms with Gasteiger partial charge in [-0.3, -0.25) is 9.69 Å². The summed E-state index contributed by atoms with van der Waals surface area (Å²) in [5, 5.41) is 3.26. The molecule has 6 nitrogen and oxygen atoms in total. The summed E-state index contributed by atoms with van der Waals surface area (Å²) in [4.78, 5) is 13.5. The molecule has 1 aromatic rings. The van der Waals surface area contributed by atoms with Gasteiger partial charge in [0.1, 0.15) is 0 Å². The van der Waals surface area contributed by atoms with Gasteiger partial charge >= 0.3 is 0 Å². The molecule has 0 bridgehead atoms. The number of hydrogen-bond acceptors (Lipinski definition) is 5. The lowest BCUT2D eigenvalue weighted by atomic mass is 10.1. The van der Waals surface area contributed by atoms with Crippen LogP contribution in [0.2, 0.25) is 0 Å². The Morgan fingerprint density at radius 1 is 1.35 bits per heavy atom. The number of benzene rings is 1. The highest BCUT2D eigenvalue weighted by Crippen LogP contribution is 2.19. The zero-order valence-corrected chi connectivity index (χ0v) is 11.6. The molecular formula is C14H22N4O2. The van der Waals surface area contributed by atoms with Gasteiger partial charge in [-0.1, -0.05) is 0 Å². The molecule has 2 rings (SSSR count). The van der Waals surface area contributed by atoms with Crippen LogP contribution in [-0.2, 0) is 4.74 Å². The first-order valence-corrected chi connectivity index (χ1v) is 6.90. The minimum atomic E-state index is -0.443. The molecule has 0 atom stereocenters. The number of nitrogen functional groups attached to an aromatic ring is 1. The number of morpholine rings is 1. The number of nitrogens with one attached hydrogen (secondary N) is 1. The molecule has 1 fully saturated rings. The van der Waals surface area contributed by atoms with E-state index >= 15 is 0 Å². The van der Waals surface area contributed by atoms with Crippen molar-refractivity contribution >= 4 is 17.3 Å². The molecule has 5 N–H and O–H groups in total. The summed E-state index contributed by atoms with van der Waals surface area (Å²) >= 11 is 0. The number of hydrogen-bond donors (Lipinski definition) is 3. The Bertz CT molecular complexity index is 458. The van der Waals surface area contributed by atoms with Crippen LogP contribution in [0.3, 0.4) is 0 Å². The summed E-state index contributed by atoms with van der Waals surface area (Å²) in [7, 11) is 0. The van der Waals surface area contributed by atoms with Gasteiger partial charge in [0, 0.05) is 25.2 Å². The number of amides is 1. The second kappa shape index (κ2) is 7.12. The lowest BCUT2D eigenvalue weighted by Gasteiger charge is -2.26. The first kappa shape index (κ1) is 14.6. The maximum atomic E-state index is 11.1. The predicted octanol–water partition coefficient (Wildman–Crippen LogP) is 0.502. The molecule has 1 aliphatic rings. The van der Waals surface area contributed by atoms with E-state index in [0.29, 0.717) is 11.3 Å². The maximum Gasteiger partial charge on any atom is 0.248 e. The highest BCUT2D eigenvalue weighted by atomic mass is 16.5. The molecule has 1 aromatic carbocycles. The molecule has 0 aromatic heterocycles. The minimum Gasteiger partial charge on any atom is -0.397 e. The Morgan fingerprint density at radius 2 is 2.10 bits per heavy atom. The molecule has 1 aliphatic heterocycles. The number of nitrogens with two attached hydrogens (primary N) is 2. The summed E-state index contributed by atoms with van der Waals surface area (Å²) in [5.41, 5.74) is 13.0. The van der Waals surface area contributed by atoms with Gasteiger partial charge in [-0.25, -0.2) is 0 Å². The van der Waals surface area contributed by atoms with E-state index in [1.165, 1.54) is 0 Å². The van der Waals surface area contributed by atoms with Gasteiger partial charge in [0.15, 0.2) is 0 Å². The van der Waals surface area contributed by atoms with E-state index in [1.807, 2.05) is 0 Å². The van der Waals surface area contributed by atoms with Crippen molar-refractivity contribution in [3.05, 3.63) is 23.8 Å². The molecule has 0 aliphatic carbocycles. The van der Waals surface area contributed by atoms with Gasteiger partial charge in [0.05, 0.1) is 24.6 Å². The Labute approximate surface area is 119 Å². The van der Waals surface area contributed by atoms with Crippen molar-refractivity contribution in [3.63, 3.8) is 0 Å². The van der Waals surface area contributed by atoms with Crippen molar-refractivity contribution in [2.24, 2.45) is 5.73 Å². The fourth-order valence-electron chi connectivity index (χ4n) is 2.21. The van der Waals surface area contributed by atoms with Gasteiger partial charge in [-0.2, -0.15) is 0 Å². The fourth-order valence-corrected chi connectivity index (χ4v) is 2.21. The third kappa shape index (κ3) is 4.11. The Kier molecular flexibility index (Phi) is 5.20. The standard InChI is InChI=1S/C14H22N4O2/c15-12-3-2-11(14(16)19)10-13(12)17-4-1-5-18-6-8-20-9-7-18/h2-3,10,17H,1,4-9,15H2,(H2,16,19). The van der Waals surface area contributed by atoms with Crippen molar-refractivity contribution in [1.29, 1.82) is 0 Å². The van der Waals surface area contributed by atoms with Gasteiger partial charge < -0.3 is 21.5 Å². The SMILES string of the molecule is NC(=O)c1ccc(N)c(NCCCN2CCOCC2)c1. The van der Waals surface area contributed by atoms with Crippen molar-refractivity contribution in [1.82, 2.24) is 4.90 Å². The third-order valence-corrected chi connectivity index (χ3v) is 3.41. The van der Waals surface area contributed by atoms with Gasteiger partial charge in [-0.15, -0.1) is 0 Å². The molecule has 0 spiro atoms. The molecule has 1 saturated heterocycles. The molecule has 110 valence electrons. The van der Waals surface area contributed by atoms with Gasteiger partial charge in [-0.05, 0) is 31.2 Å². The highest BCUT2D eigenvalue weighted by Gasteiger charge is 2.09. The molecule has 6 heteroatoms. The second-order valence-electron chi connectivity index (χ2n) is 4.90. The summed E-state index contributed by atoms with van der Waals surface area (Å²) in [6.45, 7) is 5.48. The number of carbonyl (C=O) groups is 1. The summed E-state index contributed by atoms with van der Waals surface area (Å²) < 4.78 is 5.31. The second-order valence-corrected chi connectivity index (χ2v) is 4.90. The Hall–Kier alpha value is -1.79. The predicted molar refractivity (Wildman–Crippen MR) is 79.7 cm³/mol. The quantitative estimate of drug-likeness (QED) is 0.520. The van der Waals surface area contributed by atoms with Crippen LogP contribution in [-0.4, -0.2) is 50.2 Å². The number of nitrogens with zero attached hydrogens (tertiary/aromatic N) is 1. The van der Waals surface area contributed by atoms with E-state index in [1.54, 1.807) is 18.2 Å². The Morgan fingerprint density at radius 3 is 2.80 bits per heavy atom. The normalized spacial score (nSPS) is 16.0. The maximum absolute atomic E-state index is 11.1. The van der Waals surface area contributed by atoms with E-state index in [2.05, 4.69) is 10.2 Å². The summed E-state index contributed by atoms with van der Waals surface area (Å²) in [5.74, 6) is -0.443. The number of primary amides is 1. The fraction of sp³-hybridized carbons (Fsp3) is 0.500. The first-order chi connectivity index (χ1) is 9.66. The van der Waals surface area contributed by atoms with Crippen LogP contribution in [0.5, 0.6) is 0 Å². The van der Waals surface area contributed by atoms with Crippen LogP contribution in [0, 0.1) is 0 Å². The number of carbonyl (C=O) groups excluding carboxylic acids is 1. The summed E-state index contributed by atoms with van der Waals surface area (Å²) in [6, 6.07) is 5.04. The number of rotatable bonds is 6. The van der Waals surface area contributed by atoms with Crippen LogP contribution in [0.15, 0.2) is 18.2 Å². The number of anilines is 2. The average molecular weight is 278 g/mol. The van der Waals surface area contributed by atoms with Crippen molar-refractivity contribution in [2.75, 3.05) is 50.4 Å². The molecule has 0 saturated carbocycles. The minimum absolute atomic E-state index is 0.443. The van der Waals surface area contributed by atoms with E-state index in [-0.39, 0.29) is 0 Å². The van der Waals surface area contributed by atoms with Gasteiger partial charge in [0.2, 0.25) is 5.91 Å². The van der Waals surface area contributed by atoms with E-state index < -0.39 is 5.91 Å². The van der Waals surface area contributed by atoms with Crippen molar-refractivity contribution < 1.29 is 9.53 Å². The first-order valence-electron chi connectivity index (χ1n) is 6.90. The van der Waals surface area contributed by atoms with Crippen LogP contribution < -0.4 is 16.8 Å². The molecular weight excluding hydrogens is 256 g/mol. The van der Waals surface area contributed by atoms with Crippen LogP contribution in [0.25, 0.3) is 0 Å². The van der Waals surface area contributed by atoms with E-state index in [4.69, 9.17) is 16.2 Å². The van der Waals surface area contributed by atoms with Crippen molar-refractivity contribution in [2.45, 2.75) is 6.42 Å². The molecule has 1 amide bonds. The van der Waals surface area contributed by atoms with E-state index in [9.17, 15) is 4.79 Å². The van der Waals surface area contributed by atoms with Gasteiger partial charge in [0.25, 0.3) is 0 Å². The summed E-state index contributed by atoms with van der Waals surface area (Å²) in [6.07, 6.45) is 1.01. The topological polar surface area (TPSA) is 93.6 Å². The smallest absolute Gasteiger partial charge is 0.248 e. The van der Waals surface area contributed by atoms with Crippen molar-refractivity contribution in [3.8, 4) is 0 Å². The number of ether oxygens (including phenoxy) is 1. The molecule has 0 unspecified atom stereocenters.